The lowest BCUT2D eigenvalue weighted by Crippen LogP contribution is -2.01. The smallest absolute Gasteiger partial charge is 0.158 e. The van der Waals surface area contributed by atoms with E-state index in [-0.39, 0.29) is 6.61 Å². The van der Waals surface area contributed by atoms with E-state index in [1.54, 1.807) is 6.20 Å². The molecule has 0 radical (unpaired) electrons. The minimum atomic E-state index is -0.110. The van der Waals surface area contributed by atoms with Crippen molar-refractivity contribution in [1.82, 2.24) is 29.9 Å². The van der Waals surface area contributed by atoms with E-state index in [2.05, 4.69) is 35.2 Å². The van der Waals surface area contributed by atoms with Crippen LogP contribution in [0.4, 0.5) is 11.5 Å². The summed E-state index contributed by atoms with van der Waals surface area (Å²) in [6, 6.07) is 19.3. The second-order valence-electron chi connectivity index (χ2n) is 7.74. The van der Waals surface area contributed by atoms with E-state index in [9.17, 15) is 5.11 Å². The molecule has 180 valence electrons. The summed E-state index contributed by atoms with van der Waals surface area (Å²) in [7, 11) is 0. The molecular weight excluding hydrogens is 478 g/mol. The van der Waals surface area contributed by atoms with Crippen molar-refractivity contribution < 1.29 is 9.84 Å². The molecule has 6 rings (SSSR count). The minimum Gasteiger partial charge on any atom is -0.489 e. The molecule has 6 aromatic rings. The zero-order valence-electron chi connectivity index (χ0n) is 19.0. The van der Waals surface area contributed by atoms with Crippen LogP contribution < -0.4 is 10.1 Å². The van der Waals surface area contributed by atoms with Crippen LogP contribution in [-0.2, 0) is 13.2 Å². The molecule has 2 aromatic carbocycles. The maximum absolute atomic E-state index is 9.71. The fourth-order valence-corrected chi connectivity index (χ4v) is 3.80. The number of aromatic amines is 2. The summed E-state index contributed by atoms with van der Waals surface area (Å²) in [4.78, 5) is 22.3. The van der Waals surface area contributed by atoms with E-state index in [4.69, 9.17) is 16.3 Å². The Hall–Kier alpha value is -4.47. The first kappa shape index (κ1) is 23.3. The molecule has 0 amide bonds. The predicted octanol–water partition coefficient (Wildman–Crippen LogP) is 5.38. The highest BCUT2D eigenvalue weighted by Crippen LogP contribution is 2.27. The lowest BCUT2D eigenvalue weighted by molar-refractivity contribution is 0.259. The zero-order valence-corrected chi connectivity index (χ0v) is 19.8. The van der Waals surface area contributed by atoms with Gasteiger partial charge in [-0.15, -0.1) is 0 Å². The third kappa shape index (κ3) is 5.27. The predicted molar refractivity (Wildman–Crippen MR) is 139 cm³/mol. The number of H-pyrrole nitrogens is 2. The van der Waals surface area contributed by atoms with Crippen LogP contribution >= 0.6 is 11.6 Å². The van der Waals surface area contributed by atoms with Crippen LogP contribution in [0.2, 0.25) is 5.15 Å². The second-order valence-corrected chi connectivity index (χ2v) is 8.10. The van der Waals surface area contributed by atoms with E-state index in [1.807, 2.05) is 66.9 Å². The molecule has 0 atom stereocenters. The van der Waals surface area contributed by atoms with Gasteiger partial charge >= 0.3 is 0 Å². The third-order valence-corrected chi connectivity index (χ3v) is 5.66. The average molecular weight is 500 g/mol. The van der Waals surface area contributed by atoms with Crippen molar-refractivity contribution in [3.63, 3.8) is 0 Å². The molecule has 36 heavy (non-hydrogen) atoms. The van der Waals surface area contributed by atoms with Gasteiger partial charge in [0.05, 0.1) is 17.6 Å². The summed E-state index contributed by atoms with van der Waals surface area (Å²) < 4.78 is 5.86. The summed E-state index contributed by atoms with van der Waals surface area (Å²) in [6.45, 7) is 0.344. The number of aliphatic hydroxyl groups excluding tert-OH is 1. The van der Waals surface area contributed by atoms with E-state index in [0.29, 0.717) is 28.9 Å². The lowest BCUT2D eigenvalue weighted by Gasteiger charge is -2.13. The van der Waals surface area contributed by atoms with Gasteiger partial charge in [-0.3, -0.25) is 0 Å². The van der Waals surface area contributed by atoms with Crippen molar-refractivity contribution in [3.05, 3.63) is 102 Å². The Morgan fingerprint density at radius 3 is 2.31 bits per heavy atom. The number of anilines is 2. The van der Waals surface area contributed by atoms with Crippen LogP contribution in [0.25, 0.3) is 22.1 Å². The number of aliphatic hydroxyl groups is 1. The first-order chi connectivity index (χ1) is 17.7. The van der Waals surface area contributed by atoms with Gasteiger partial charge in [0.2, 0.25) is 0 Å². The highest BCUT2D eigenvalue weighted by molar-refractivity contribution is 6.33. The Labute approximate surface area is 211 Å². The largest absolute Gasteiger partial charge is 0.489 e. The molecule has 0 aliphatic carbocycles. The van der Waals surface area contributed by atoms with Crippen LogP contribution in [0.1, 0.15) is 11.1 Å². The van der Waals surface area contributed by atoms with Crippen LogP contribution in [0.5, 0.6) is 5.75 Å². The molecule has 10 heteroatoms. The topological polar surface area (TPSA) is 125 Å². The Kier molecular flexibility index (Phi) is 7.02. The standard InChI is InChI=1S/C20H18N4O2.C6H4ClN3/c25-11-15-10-16(24-20-19-17(8-9-21-19)22-13-23-20)6-7-18(15)26-12-14-4-2-1-3-5-14;7-6-5-4(1-2-8-5)9-3-10-6/h1-10,13,21,25H,11-12H2,(H,22,23,24);1-3,8H. The third-order valence-electron chi connectivity index (χ3n) is 5.38. The van der Waals surface area contributed by atoms with Gasteiger partial charge in [-0.2, -0.15) is 0 Å². The normalized spacial score (nSPS) is 10.7. The Morgan fingerprint density at radius 2 is 1.56 bits per heavy atom. The van der Waals surface area contributed by atoms with Crippen LogP contribution in [0.3, 0.4) is 0 Å². The number of nitrogens with one attached hydrogen (secondary N) is 3. The zero-order chi connectivity index (χ0) is 24.7. The number of fused-ring (bicyclic) bond motifs is 2. The van der Waals surface area contributed by atoms with Gasteiger partial charge in [-0.1, -0.05) is 41.9 Å². The minimum absolute atomic E-state index is 0.110. The van der Waals surface area contributed by atoms with Crippen molar-refractivity contribution in [3.8, 4) is 5.75 Å². The molecule has 0 saturated heterocycles. The van der Waals surface area contributed by atoms with Crippen molar-refractivity contribution in [2.45, 2.75) is 13.2 Å². The van der Waals surface area contributed by atoms with E-state index >= 15 is 0 Å². The fraction of sp³-hybridized carbons (Fsp3) is 0.0769. The lowest BCUT2D eigenvalue weighted by atomic mass is 10.2. The average Bonchev–Trinajstić information content (AvgIpc) is 3.60. The van der Waals surface area contributed by atoms with Crippen molar-refractivity contribution >= 4 is 45.2 Å². The van der Waals surface area contributed by atoms with Crippen LogP contribution in [0, 0.1) is 0 Å². The number of ether oxygens (including phenoxy) is 1. The van der Waals surface area contributed by atoms with Crippen LogP contribution in [0.15, 0.2) is 85.7 Å². The number of halogens is 1. The van der Waals surface area contributed by atoms with E-state index in [1.165, 1.54) is 12.7 Å². The van der Waals surface area contributed by atoms with Gasteiger partial charge in [0.1, 0.15) is 36.0 Å². The summed E-state index contributed by atoms with van der Waals surface area (Å²) in [5.41, 5.74) is 5.92. The molecule has 9 nitrogen and oxygen atoms in total. The number of benzene rings is 2. The van der Waals surface area contributed by atoms with E-state index < -0.39 is 0 Å². The number of nitrogens with zero attached hydrogens (tertiary/aromatic N) is 4. The summed E-state index contributed by atoms with van der Waals surface area (Å²) in [5, 5.41) is 13.4. The summed E-state index contributed by atoms with van der Waals surface area (Å²) in [5.74, 6) is 1.34. The molecule has 0 aliphatic heterocycles. The Bertz CT molecular complexity index is 1580. The van der Waals surface area contributed by atoms with Gasteiger partial charge in [0, 0.05) is 23.6 Å². The molecule has 0 saturated carbocycles. The molecule has 0 fully saturated rings. The maximum atomic E-state index is 9.71. The molecule has 0 spiro atoms. The summed E-state index contributed by atoms with van der Waals surface area (Å²) in [6.07, 6.45) is 6.57. The van der Waals surface area contributed by atoms with Gasteiger partial charge in [-0.05, 0) is 35.9 Å². The summed E-state index contributed by atoms with van der Waals surface area (Å²) >= 11 is 5.72. The SMILES string of the molecule is Clc1ncnc2cc[nH]c12.OCc1cc(Nc2ncnc3cc[nH]c23)ccc1OCc1ccccc1. The molecule has 0 aliphatic rings. The number of rotatable bonds is 6. The van der Waals surface area contributed by atoms with Gasteiger partial charge < -0.3 is 25.1 Å². The second kappa shape index (κ2) is 10.9. The van der Waals surface area contributed by atoms with Crippen LogP contribution in [-0.4, -0.2) is 35.0 Å². The van der Waals surface area contributed by atoms with Crippen molar-refractivity contribution in [2.24, 2.45) is 0 Å². The number of hydrogen-bond donors (Lipinski definition) is 4. The molecule has 0 unspecified atom stereocenters. The Balaban J connectivity index is 0.000000222. The molecule has 4 heterocycles. The molecule has 4 N–H and O–H groups in total. The molecule has 4 aromatic heterocycles. The number of hydrogen-bond acceptors (Lipinski definition) is 7. The molecule has 0 bridgehead atoms. The van der Waals surface area contributed by atoms with Crippen molar-refractivity contribution in [1.29, 1.82) is 0 Å². The van der Waals surface area contributed by atoms with E-state index in [0.717, 1.165) is 33.3 Å². The fourth-order valence-electron chi connectivity index (χ4n) is 3.60. The van der Waals surface area contributed by atoms with Gasteiger partial charge in [0.15, 0.2) is 11.0 Å². The maximum Gasteiger partial charge on any atom is 0.158 e. The first-order valence-corrected chi connectivity index (χ1v) is 11.5. The first-order valence-electron chi connectivity index (χ1n) is 11.1. The number of aromatic nitrogens is 6. The van der Waals surface area contributed by atoms with Gasteiger partial charge in [-0.25, -0.2) is 19.9 Å². The molecular formula is C26H22ClN7O2. The monoisotopic (exact) mass is 499 g/mol. The quantitative estimate of drug-likeness (QED) is 0.226. The van der Waals surface area contributed by atoms with Crippen molar-refractivity contribution in [2.75, 3.05) is 5.32 Å². The highest BCUT2D eigenvalue weighted by Gasteiger charge is 2.09. The van der Waals surface area contributed by atoms with Gasteiger partial charge in [0.25, 0.3) is 0 Å². The highest BCUT2D eigenvalue weighted by atomic mass is 35.5. The Morgan fingerprint density at radius 1 is 0.833 bits per heavy atom.